The summed E-state index contributed by atoms with van der Waals surface area (Å²) >= 11 is 5.98. The van der Waals surface area contributed by atoms with E-state index in [1.54, 1.807) is 18.2 Å². The highest BCUT2D eigenvalue weighted by Crippen LogP contribution is 2.33. The number of nitrogens with two attached hydrogens (primary N) is 1. The molecule has 1 amide bonds. The highest BCUT2D eigenvalue weighted by Gasteiger charge is 2.31. The Morgan fingerprint density at radius 2 is 2.05 bits per heavy atom. The Balaban J connectivity index is 2.12. The lowest BCUT2D eigenvalue weighted by Gasteiger charge is -2.37. The Labute approximate surface area is 132 Å². The molecule has 1 fully saturated rings. The molecule has 3 atom stereocenters. The maximum Gasteiger partial charge on any atom is 0.251 e. The molecule has 4 heteroatoms. The van der Waals surface area contributed by atoms with Gasteiger partial charge < -0.3 is 11.1 Å². The van der Waals surface area contributed by atoms with Crippen LogP contribution in [0, 0.1) is 17.8 Å². The van der Waals surface area contributed by atoms with E-state index in [1.807, 2.05) is 0 Å². The van der Waals surface area contributed by atoms with Crippen molar-refractivity contribution in [3.8, 4) is 0 Å². The fourth-order valence-corrected chi connectivity index (χ4v) is 3.61. The molecule has 0 spiro atoms. The van der Waals surface area contributed by atoms with Gasteiger partial charge in [-0.1, -0.05) is 38.8 Å². The van der Waals surface area contributed by atoms with Crippen LogP contribution < -0.4 is 11.1 Å². The van der Waals surface area contributed by atoms with Gasteiger partial charge in [-0.05, 0) is 48.8 Å². The lowest BCUT2D eigenvalue weighted by Crippen LogP contribution is -2.45. The molecule has 116 valence electrons. The zero-order valence-corrected chi connectivity index (χ0v) is 13.8. The Morgan fingerprint density at radius 1 is 1.33 bits per heavy atom. The van der Waals surface area contributed by atoms with E-state index in [9.17, 15) is 4.79 Å². The second-order valence-electron chi connectivity index (χ2n) is 6.68. The molecule has 0 heterocycles. The van der Waals surface area contributed by atoms with Crippen molar-refractivity contribution in [2.45, 2.75) is 46.1 Å². The number of hydrogen-bond donors (Lipinski definition) is 2. The van der Waals surface area contributed by atoms with Crippen molar-refractivity contribution in [2.75, 3.05) is 5.73 Å². The van der Waals surface area contributed by atoms with Gasteiger partial charge in [-0.15, -0.1) is 0 Å². The number of carbonyl (C=O) groups is 1. The third-order valence-corrected chi connectivity index (χ3v) is 4.74. The minimum atomic E-state index is -0.0750. The van der Waals surface area contributed by atoms with E-state index in [2.05, 4.69) is 26.1 Å². The molecule has 3 nitrogen and oxygen atoms in total. The number of nitrogen functional groups attached to an aromatic ring is 1. The van der Waals surface area contributed by atoms with Crippen molar-refractivity contribution in [3.63, 3.8) is 0 Å². The predicted molar refractivity (Wildman–Crippen MR) is 88.5 cm³/mol. The molecule has 1 aromatic carbocycles. The van der Waals surface area contributed by atoms with Crippen molar-refractivity contribution >= 4 is 23.2 Å². The minimum absolute atomic E-state index is 0.0750. The van der Waals surface area contributed by atoms with Crippen molar-refractivity contribution in [1.29, 1.82) is 0 Å². The summed E-state index contributed by atoms with van der Waals surface area (Å²) in [5, 5.41) is 3.70. The summed E-state index contributed by atoms with van der Waals surface area (Å²) in [5.74, 6) is 1.71. The van der Waals surface area contributed by atoms with Gasteiger partial charge in [0.25, 0.3) is 5.91 Å². The number of rotatable bonds is 3. The average molecular weight is 309 g/mol. The van der Waals surface area contributed by atoms with Gasteiger partial charge in [0, 0.05) is 22.3 Å². The van der Waals surface area contributed by atoms with Crippen LogP contribution in [0.25, 0.3) is 0 Å². The zero-order chi connectivity index (χ0) is 15.6. The number of amides is 1. The first-order valence-electron chi connectivity index (χ1n) is 7.73. The van der Waals surface area contributed by atoms with Crippen LogP contribution in [0.1, 0.15) is 50.4 Å². The molecule has 0 radical (unpaired) electrons. The van der Waals surface area contributed by atoms with Crippen molar-refractivity contribution < 1.29 is 4.79 Å². The summed E-state index contributed by atoms with van der Waals surface area (Å²) in [7, 11) is 0. The van der Waals surface area contributed by atoms with E-state index in [-0.39, 0.29) is 11.9 Å². The number of anilines is 1. The van der Waals surface area contributed by atoms with Gasteiger partial charge in [-0.3, -0.25) is 4.79 Å². The van der Waals surface area contributed by atoms with Gasteiger partial charge >= 0.3 is 0 Å². The first-order valence-corrected chi connectivity index (χ1v) is 8.11. The van der Waals surface area contributed by atoms with Crippen LogP contribution in [-0.2, 0) is 0 Å². The van der Waals surface area contributed by atoms with Crippen LogP contribution >= 0.6 is 11.6 Å². The molecule has 1 aromatic rings. The average Bonchev–Trinajstić information content (AvgIpc) is 2.37. The van der Waals surface area contributed by atoms with E-state index in [4.69, 9.17) is 17.3 Å². The van der Waals surface area contributed by atoms with Gasteiger partial charge in [0.15, 0.2) is 0 Å². The van der Waals surface area contributed by atoms with Gasteiger partial charge in [-0.2, -0.15) is 0 Å². The first-order chi connectivity index (χ1) is 9.86. The fourth-order valence-electron chi connectivity index (χ4n) is 3.36. The molecular weight excluding hydrogens is 284 g/mol. The summed E-state index contributed by atoms with van der Waals surface area (Å²) in [6.45, 7) is 6.72. The van der Waals surface area contributed by atoms with Crippen LogP contribution in [-0.4, -0.2) is 11.9 Å². The number of hydrogen-bond acceptors (Lipinski definition) is 2. The smallest absolute Gasteiger partial charge is 0.251 e. The van der Waals surface area contributed by atoms with Crippen LogP contribution in [0.5, 0.6) is 0 Å². The lowest BCUT2D eigenvalue weighted by atomic mass is 9.74. The monoisotopic (exact) mass is 308 g/mol. The zero-order valence-electron chi connectivity index (χ0n) is 13.0. The summed E-state index contributed by atoms with van der Waals surface area (Å²) in [6.07, 6.45) is 3.48. The first kappa shape index (κ1) is 16.2. The Bertz CT molecular complexity index is 495. The van der Waals surface area contributed by atoms with E-state index in [0.29, 0.717) is 34.0 Å². The normalized spacial score (nSPS) is 25.9. The van der Waals surface area contributed by atoms with Crippen molar-refractivity contribution in [1.82, 2.24) is 5.32 Å². The molecule has 1 saturated carbocycles. The highest BCUT2D eigenvalue weighted by molar-refractivity contribution is 6.31. The third kappa shape index (κ3) is 4.13. The summed E-state index contributed by atoms with van der Waals surface area (Å²) in [4.78, 5) is 12.5. The van der Waals surface area contributed by atoms with Gasteiger partial charge in [0.05, 0.1) is 0 Å². The second kappa shape index (κ2) is 6.69. The lowest BCUT2D eigenvalue weighted by molar-refractivity contribution is 0.0868. The number of nitrogens with one attached hydrogen (secondary N) is 1. The standard InChI is InChI=1S/C17H25ClN2O/c1-10(2)15-5-4-11(3)6-16(15)20-17(21)12-7-13(18)9-14(19)8-12/h7-11,15-16H,4-6,19H2,1-3H3,(H,20,21). The summed E-state index contributed by atoms with van der Waals surface area (Å²) < 4.78 is 0. The molecule has 0 bridgehead atoms. The quantitative estimate of drug-likeness (QED) is 0.826. The minimum Gasteiger partial charge on any atom is -0.399 e. The molecule has 3 unspecified atom stereocenters. The molecular formula is C17H25ClN2O. The summed E-state index contributed by atoms with van der Waals surface area (Å²) in [6, 6.07) is 5.24. The molecule has 1 aliphatic carbocycles. The van der Waals surface area contributed by atoms with Crippen LogP contribution in [0.3, 0.4) is 0 Å². The molecule has 1 aliphatic rings. The Hall–Kier alpha value is -1.22. The SMILES string of the molecule is CC1CCC(C(C)C)C(NC(=O)c2cc(N)cc(Cl)c2)C1. The van der Waals surface area contributed by atoms with E-state index < -0.39 is 0 Å². The van der Waals surface area contributed by atoms with Crippen LogP contribution in [0.15, 0.2) is 18.2 Å². The molecule has 0 aromatic heterocycles. The molecule has 0 aliphatic heterocycles. The van der Waals surface area contributed by atoms with Crippen molar-refractivity contribution in [3.05, 3.63) is 28.8 Å². The Morgan fingerprint density at radius 3 is 2.67 bits per heavy atom. The summed E-state index contributed by atoms with van der Waals surface area (Å²) in [5.41, 5.74) is 6.82. The van der Waals surface area contributed by atoms with E-state index in [1.165, 1.54) is 12.8 Å². The maximum absolute atomic E-state index is 12.5. The van der Waals surface area contributed by atoms with E-state index in [0.717, 1.165) is 6.42 Å². The topological polar surface area (TPSA) is 55.1 Å². The maximum atomic E-state index is 12.5. The molecule has 2 rings (SSSR count). The molecule has 0 saturated heterocycles. The highest BCUT2D eigenvalue weighted by atomic mass is 35.5. The van der Waals surface area contributed by atoms with Crippen LogP contribution in [0.2, 0.25) is 5.02 Å². The Kier molecular flexibility index (Phi) is 5.15. The second-order valence-corrected chi connectivity index (χ2v) is 7.12. The molecule has 3 N–H and O–H groups in total. The number of carbonyl (C=O) groups excluding carboxylic acids is 1. The molecule has 21 heavy (non-hydrogen) atoms. The number of halogens is 1. The number of benzene rings is 1. The van der Waals surface area contributed by atoms with Crippen LogP contribution in [0.4, 0.5) is 5.69 Å². The third-order valence-electron chi connectivity index (χ3n) is 4.52. The largest absolute Gasteiger partial charge is 0.399 e. The van der Waals surface area contributed by atoms with Crippen molar-refractivity contribution in [2.24, 2.45) is 17.8 Å². The van der Waals surface area contributed by atoms with Gasteiger partial charge in [0.1, 0.15) is 0 Å². The fraction of sp³-hybridized carbons (Fsp3) is 0.588. The van der Waals surface area contributed by atoms with E-state index >= 15 is 0 Å². The van der Waals surface area contributed by atoms with Gasteiger partial charge in [-0.25, -0.2) is 0 Å². The predicted octanol–water partition coefficient (Wildman–Crippen LogP) is 4.11. The van der Waals surface area contributed by atoms with Gasteiger partial charge in [0.2, 0.25) is 0 Å².